The minimum absolute atomic E-state index is 0.240. The zero-order valence-electron chi connectivity index (χ0n) is 10.7. The van der Waals surface area contributed by atoms with E-state index in [9.17, 15) is 9.59 Å². The van der Waals surface area contributed by atoms with Crippen LogP contribution in [0.5, 0.6) is 11.5 Å². The number of carboxylic acids is 1. The van der Waals surface area contributed by atoms with Gasteiger partial charge in [0, 0.05) is 6.42 Å². The van der Waals surface area contributed by atoms with Crippen LogP contribution in [0.25, 0.3) is 0 Å². The minimum atomic E-state index is -1.05. The second-order valence-electron chi connectivity index (χ2n) is 3.80. The van der Waals surface area contributed by atoms with Crippen molar-refractivity contribution in [3.05, 3.63) is 24.3 Å². The molecule has 2 N–H and O–H groups in total. The summed E-state index contributed by atoms with van der Waals surface area (Å²) in [6, 6.07) is 7.14. The molecular weight excluding hydrogens is 250 g/mol. The molecule has 0 aliphatic heterocycles. The Morgan fingerprint density at radius 2 is 1.84 bits per heavy atom. The van der Waals surface area contributed by atoms with Crippen LogP contribution >= 0.6 is 0 Å². The average molecular weight is 267 g/mol. The second kappa shape index (κ2) is 7.97. The first-order valence-electron chi connectivity index (χ1n) is 5.87. The monoisotopic (exact) mass is 267 g/mol. The van der Waals surface area contributed by atoms with Crippen LogP contribution in [0.3, 0.4) is 0 Å². The zero-order valence-corrected chi connectivity index (χ0v) is 10.7. The van der Waals surface area contributed by atoms with Crippen molar-refractivity contribution in [3.63, 3.8) is 0 Å². The molecule has 6 heteroatoms. The van der Waals surface area contributed by atoms with E-state index >= 15 is 0 Å². The normalized spacial score (nSPS) is 9.74. The Bertz CT molecular complexity index is 416. The van der Waals surface area contributed by atoms with Gasteiger partial charge >= 0.3 is 5.97 Å². The Labute approximate surface area is 111 Å². The van der Waals surface area contributed by atoms with Crippen LogP contribution in [-0.2, 0) is 9.59 Å². The number of hydrogen-bond donors (Lipinski definition) is 2. The number of carbonyl (C=O) groups excluding carboxylic acids is 1. The van der Waals surface area contributed by atoms with Crippen molar-refractivity contribution in [2.24, 2.45) is 0 Å². The highest BCUT2D eigenvalue weighted by molar-refractivity contribution is 5.80. The molecule has 0 fully saturated rings. The Balaban J connectivity index is 2.16. The lowest BCUT2D eigenvalue weighted by Crippen LogP contribution is -2.29. The first-order chi connectivity index (χ1) is 9.11. The van der Waals surface area contributed by atoms with Crippen molar-refractivity contribution in [1.82, 2.24) is 5.32 Å². The van der Waals surface area contributed by atoms with Crippen molar-refractivity contribution in [2.45, 2.75) is 12.8 Å². The molecule has 0 heterocycles. The summed E-state index contributed by atoms with van der Waals surface area (Å²) >= 11 is 0. The third-order valence-electron chi connectivity index (χ3n) is 2.31. The van der Waals surface area contributed by atoms with E-state index in [0.29, 0.717) is 18.8 Å². The van der Waals surface area contributed by atoms with Gasteiger partial charge in [-0.15, -0.1) is 0 Å². The molecule has 1 amide bonds. The van der Waals surface area contributed by atoms with E-state index < -0.39 is 5.97 Å². The number of rotatable bonds is 8. The van der Waals surface area contributed by atoms with E-state index in [1.807, 2.05) is 0 Å². The van der Waals surface area contributed by atoms with E-state index in [2.05, 4.69) is 5.32 Å². The van der Waals surface area contributed by atoms with Gasteiger partial charge in [-0.3, -0.25) is 9.59 Å². The number of amides is 1. The molecule has 0 aliphatic rings. The van der Waals surface area contributed by atoms with Gasteiger partial charge in [0.1, 0.15) is 18.0 Å². The summed E-state index contributed by atoms with van der Waals surface area (Å²) in [6.45, 7) is 0.0466. The van der Waals surface area contributed by atoms with Crippen LogP contribution in [-0.4, -0.2) is 37.2 Å². The summed E-state index contributed by atoms with van der Waals surface area (Å²) in [4.78, 5) is 21.4. The lowest BCUT2D eigenvalue weighted by molar-refractivity contribution is -0.137. The lowest BCUT2D eigenvalue weighted by Gasteiger charge is -2.07. The highest BCUT2D eigenvalue weighted by atomic mass is 16.5. The van der Waals surface area contributed by atoms with Crippen LogP contribution < -0.4 is 14.8 Å². The van der Waals surface area contributed by atoms with Gasteiger partial charge in [-0.25, -0.2) is 0 Å². The summed E-state index contributed by atoms with van der Waals surface area (Å²) in [5.41, 5.74) is 0. The predicted octanol–water partition coefficient (Wildman–Crippen LogP) is 1.05. The van der Waals surface area contributed by atoms with Crippen LogP contribution in [0.15, 0.2) is 24.3 Å². The summed E-state index contributed by atoms with van der Waals surface area (Å²) < 4.78 is 10.4. The molecular formula is C13H17NO5. The summed E-state index contributed by atoms with van der Waals surface area (Å²) in [5.74, 6) is 0.107. The number of aliphatic carboxylic acids is 1. The molecule has 19 heavy (non-hydrogen) atoms. The Hall–Kier alpha value is -2.24. The fraction of sp³-hybridized carbons (Fsp3) is 0.385. The van der Waals surface area contributed by atoms with E-state index in [1.54, 1.807) is 31.4 Å². The summed E-state index contributed by atoms with van der Waals surface area (Å²) in [5, 5.41) is 10.7. The van der Waals surface area contributed by atoms with Gasteiger partial charge in [0.25, 0.3) is 0 Å². The van der Waals surface area contributed by atoms with Crippen molar-refractivity contribution in [3.8, 4) is 11.5 Å². The molecule has 1 aromatic rings. The molecule has 0 radical (unpaired) electrons. The minimum Gasteiger partial charge on any atom is -0.497 e. The molecule has 0 aliphatic carbocycles. The van der Waals surface area contributed by atoms with Crippen LogP contribution in [0.4, 0.5) is 0 Å². The molecule has 6 nitrogen and oxygen atoms in total. The molecule has 0 atom stereocenters. The molecule has 1 rings (SSSR count). The van der Waals surface area contributed by atoms with Crippen molar-refractivity contribution >= 4 is 11.9 Å². The number of methoxy groups -OCH3 is 1. The van der Waals surface area contributed by atoms with Gasteiger partial charge in [0.15, 0.2) is 0 Å². The number of carbonyl (C=O) groups is 2. The molecule has 0 unspecified atom stereocenters. The molecule has 0 bridgehead atoms. The zero-order chi connectivity index (χ0) is 14.1. The van der Waals surface area contributed by atoms with Crippen molar-refractivity contribution in [1.29, 1.82) is 0 Å². The second-order valence-corrected chi connectivity index (χ2v) is 3.80. The van der Waals surface area contributed by atoms with Gasteiger partial charge < -0.3 is 19.9 Å². The quantitative estimate of drug-likeness (QED) is 0.688. The Kier molecular flexibility index (Phi) is 6.21. The average Bonchev–Trinajstić information content (AvgIpc) is 2.42. The summed E-state index contributed by atoms with van der Waals surface area (Å²) in [6.07, 6.45) is 0.765. The molecule has 0 saturated heterocycles. The third-order valence-corrected chi connectivity index (χ3v) is 2.31. The largest absolute Gasteiger partial charge is 0.497 e. The van der Waals surface area contributed by atoms with E-state index in [1.165, 1.54) is 0 Å². The predicted molar refractivity (Wildman–Crippen MR) is 68.4 cm³/mol. The van der Waals surface area contributed by atoms with E-state index in [0.717, 1.165) is 5.75 Å². The fourth-order valence-corrected chi connectivity index (χ4v) is 1.36. The number of ether oxygens (including phenoxy) is 2. The topological polar surface area (TPSA) is 84.9 Å². The first-order valence-corrected chi connectivity index (χ1v) is 5.87. The summed E-state index contributed by atoms with van der Waals surface area (Å²) in [7, 11) is 1.59. The molecule has 0 saturated carbocycles. The smallest absolute Gasteiger partial charge is 0.322 e. The third kappa shape index (κ3) is 6.30. The Morgan fingerprint density at radius 3 is 2.42 bits per heavy atom. The Morgan fingerprint density at radius 1 is 1.21 bits per heavy atom. The maximum absolute atomic E-state index is 11.2. The molecule has 0 aromatic heterocycles. The number of hydrogen-bond acceptors (Lipinski definition) is 4. The highest BCUT2D eigenvalue weighted by Gasteiger charge is 2.03. The van der Waals surface area contributed by atoms with Gasteiger partial charge in [-0.1, -0.05) is 0 Å². The lowest BCUT2D eigenvalue weighted by atomic mass is 10.3. The number of benzene rings is 1. The van der Waals surface area contributed by atoms with Gasteiger partial charge in [-0.05, 0) is 30.7 Å². The number of carboxylic acid groups (broad SMARTS) is 1. The highest BCUT2D eigenvalue weighted by Crippen LogP contribution is 2.17. The standard InChI is InChI=1S/C13H17NO5/c1-18-10-4-6-11(7-5-10)19-8-2-3-12(15)14-9-13(16)17/h4-7H,2-3,8-9H2,1H3,(H,14,15)(H,16,17). The first kappa shape index (κ1) is 14.8. The van der Waals surface area contributed by atoms with E-state index in [-0.39, 0.29) is 18.9 Å². The molecule has 0 spiro atoms. The molecule has 1 aromatic carbocycles. The van der Waals surface area contributed by atoms with Gasteiger partial charge in [0.05, 0.1) is 13.7 Å². The fourth-order valence-electron chi connectivity index (χ4n) is 1.36. The maximum atomic E-state index is 11.2. The molecule has 104 valence electrons. The van der Waals surface area contributed by atoms with Crippen LogP contribution in [0.2, 0.25) is 0 Å². The van der Waals surface area contributed by atoms with Crippen LogP contribution in [0, 0.1) is 0 Å². The van der Waals surface area contributed by atoms with Crippen LogP contribution in [0.1, 0.15) is 12.8 Å². The number of nitrogens with one attached hydrogen (secondary N) is 1. The van der Waals surface area contributed by atoms with E-state index in [4.69, 9.17) is 14.6 Å². The maximum Gasteiger partial charge on any atom is 0.322 e. The van der Waals surface area contributed by atoms with Crippen molar-refractivity contribution < 1.29 is 24.2 Å². The SMILES string of the molecule is COc1ccc(OCCCC(=O)NCC(=O)O)cc1. The van der Waals surface area contributed by atoms with Gasteiger partial charge in [0.2, 0.25) is 5.91 Å². The van der Waals surface area contributed by atoms with Crippen molar-refractivity contribution in [2.75, 3.05) is 20.3 Å². The van der Waals surface area contributed by atoms with Gasteiger partial charge in [-0.2, -0.15) is 0 Å².